The standard InChI is InChI=1S/C11H18N2OS/c1-5-13-10(14)7-6-8(11(2,3)4)15-9(7)12/h6H,5,12H2,1-4H3,(H,13,14). The van der Waals surface area contributed by atoms with Crippen LogP contribution in [-0.2, 0) is 5.41 Å². The predicted molar refractivity (Wildman–Crippen MR) is 65.4 cm³/mol. The lowest BCUT2D eigenvalue weighted by molar-refractivity contribution is 0.0957. The smallest absolute Gasteiger partial charge is 0.254 e. The molecular formula is C11H18N2OS. The molecule has 84 valence electrons. The fourth-order valence-electron chi connectivity index (χ4n) is 1.21. The van der Waals surface area contributed by atoms with E-state index in [1.165, 1.54) is 11.3 Å². The number of carbonyl (C=O) groups excluding carboxylic acids is 1. The molecule has 0 radical (unpaired) electrons. The van der Waals surface area contributed by atoms with E-state index < -0.39 is 0 Å². The van der Waals surface area contributed by atoms with Gasteiger partial charge in [-0.3, -0.25) is 4.79 Å². The molecule has 0 bridgehead atoms. The van der Waals surface area contributed by atoms with Crippen molar-refractivity contribution in [3.63, 3.8) is 0 Å². The largest absolute Gasteiger partial charge is 0.390 e. The Bertz CT molecular complexity index is 363. The molecule has 1 aromatic rings. The van der Waals surface area contributed by atoms with Crippen LogP contribution in [0.2, 0.25) is 0 Å². The number of thiophene rings is 1. The van der Waals surface area contributed by atoms with E-state index in [4.69, 9.17) is 5.73 Å². The molecule has 0 saturated carbocycles. The van der Waals surface area contributed by atoms with Gasteiger partial charge in [-0.15, -0.1) is 11.3 Å². The van der Waals surface area contributed by atoms with Gasteiger partial charge in [0.1, 0.15) is 0 Å². The van der Waals surface area contributed by atoms with Crippen LogP contribution < -0.4 is 11.1 Å². The maximum absolute atomic E-state index is 11.6. The van der Waals surface area contributed by atoms with Gasteiger partial charge < -0.3 is 11.1 Å². The lowest BCUT2D eigenvalue weighted by Gasteiger charge is -2.14. The summed E-state index contributed by atoms with van der Waals surface area (Å²) in [5.41, 5.74) is 6.48. The van der Waals surface area contributed by atoms with Crippen LogP contribution in [0.1, 0.15) is 42.9 Å². The van der Waals surface area contributed by atoms with Crippen molar-refractivity contribution < 1.29 is 4.79 Å². The fraction of sp³-hybridized carbons (Fsp3) is 0.545. The molecule has 0 saturated heterocycles. The Kier molecular flexibility index (Phi) is 3.39. The van der Waals surface area contributed by atoms with Crippen LogP contribution in [-0.4, -0.2) is 12.5 Å². The third-order valence-electron chi connectivity index (χ3n) is 2.08. The molecule has 15 heavy (non-hydrogen) atoms. The van der Waals surface area contributed by atoms with Crippen molar-refractivity contribution in [2.75, 3.05) is 12.3 Å². The summed E-state index contributed by atoms with van der Waals surface area (Å²) in [4.78, 5) is 12.8. The van der Waals surface area contributed by atoms with Gasteiger partial charge in [-0.25, -0.2) is 0 Å². The fourth-order valence-corrected chi connectivity index (χ4v) is 2.19. The molecule has 1 rings (SSSR count). The summed E-state index contributed by atoms with van der Waals surface area (Å²) in [7, 11) is 0. The number of nitrogens with two attached hydrogens (primary N) is 1. The highest BCUT2D eigenvalue weighted by atomic mass is 32.1. The molecule has 1 amide bonds. The van der Waals surface area contributed by atoms with Crippen LogP contribution in [0.25, 0.3) is 0 Å². The third-order valence-corrected chi connectivity index (χ3v) is 3.47. The van der Waals surface area contributed by atoms with Gasteiger partial charge in [0.15, 0.2) is 0 Å². The van der Waals surface area contributed by atoms with Gasteiger partial charge in [-0.05, 0) is 18.4 Å². The van der Waals surface area contributed by atoms with Crippen LogP contribution in [0, 0.1) is 0 Å². The van der Waals surface area contributed by atoms with Gasteiger partial charge in [0.25, 0.3) is 5.91 Å². The molecule has 1 heterocycles. The Balaban J connectivity index is 3.02. The van der Waals surface area contributed by atoms with Crippen molar-refractivity contribution in [1.82, 2.24) is 5.32 Å². The first-order valence-corrected chi connectivity index (χ1v) is 5.86. The van der Waals surface area contributed by atoms with E-state index in [1.54, 1.807) is 0 Å². The monoisotopic (exact) mass is 226 g/mol. The van der Waals surface area contributed by atoms with Gasteiger partial charge in [-0.1, -0.05) is 20.8 Å². The van der Waals surface area contributed by atoms with Crippen LogP contribution in [0.4, 0.5) is 5.00 Å². The second-order valence-electron chi connectivity index (χ2n) is 4.50. The summed E-state index contributed by atoms with van der Waals surface area (Å²) < 4.78 is 0. The first-order chi connectivity index (χ1) is 6.86. The van der Waals surface area contributed by atoms with Crippen molar-refractivity contribution in [1.29, 1.82) is 0 Å². The van der Waals surface area contributed by atoms with Gasteiger partial charge in [0, 0.05) is 11.4 Å². The van der Waals surface area contributed by atoms with Gasteiger partial charge in [0.05, 0.1) is 10.6 Å². The minimum Gasteiger partial charge on any atom is -0.390 e. The number of hydrogen-bond donors (Lipinski definition) is 2. The molecule has 0 unspecified atom stereocenters. The highest BCUT2D eigenvalue weighted by Crippen LogP contribution is 2.33. The lowest BCUT2D eigenvalue weighted by Crippen LogP contribution is -2.23. The summed E-state index contributed by atoms with van der Waals surface area (Å²) >= 11 is 1.49. The van der Waals surface area contributed by atoms with E-state index in [-0.39, 0.29) is 11.3 Å². The zero-order valence-corrected chi connectivity index (χ0v) is 10.5. The van der Waals surface area contributed by atoms with Crippen LogP contribution in [0.5, 0.6) is 0 Å². The summed E-state index contributed by atoms with van der Waals surface area (Å²) in [6, 6.07) is 1.89. The Morgan fingerprint density at radius 1 is 1.53 bits per heavy atom. The lowest BCUT2D eigenvalue weighted by atomic mass is 9.94. The molecule has 0 spiro atoms. The number of nitrogens with one attached hydrogen (secondary N) is 1. The maximum atomic E-state index is 11.6. The van der Waals surface area contributed by atoms with E-state index in [0.717, 1.165) is 4.88 Å². The molecule has 4 heteroatoms. The second-order valence-corrected chi connectivity index (χ2v) is 5.58. The molecule has 0 aliphatic rings. The number of carbonyl (C=O) groups is 1. The summed E-state index contributed by atoms with van der Waals surface area (Å²) in [5, 5.41) is 3.36. The van der Waals surface area contributed by atoms with Crippen LogP contribution in [0.15, 0.2) is 6.07 Å². The predicted octanol–water partition coefficient (Wildman–Crippen LogP) is 2.38. The maximum Gasteiger partial charge on any atom is 0.254 e. The molecule has 3 N–H and O–H groups in total. The van der Waals surface area contributed by atoms with Crippen molar-refractivity contribution in [2.24, 2.45) is 0 Å². The Hall–Kier alpha value is -1.03. The number of amides is 1. The van der Waals surface area contributed by atoms with E-state index in [1.807, 2.05) is 13.0 Å². The average Bonchev–Trinajstić information content (AvgIpc) is 2.47. The van der Waals surface area contributed by atoms with Crippen molar-refractivity contribution >= 4 is 22.2 Å². The molecule has 0 fully saturated rings. The summed E-state index contributed by atoms with van der Waals surface area (Å²) in [6.07, 6.45) is 0. The number of hydrogen-bond acceptors (Lipinski definition) is 3. The summed E-state index contributed by atoms with van der Waals surface area (Å²) in [6.45, 7) is 8.85. The van der Waals surface area contributed by atoms with Gasteiger partial charge in [0.2, 0.25) is 0 Å². The second kappa shape index (κ2) is 4.23. The molecule has 3 nitrogen and oxygen atoms in total. The first-order valence-electron chi connectivity index (χ1n) is 5.04. The Labute approximate surface area is 94.7 Å². The number of anilines is 1. The zero-order chi connectivity index (χ0) is 11.6. The van der Waals surface area contributed by atoms with Crippen LogP contribution >= 0.6 is 11.3 Å². The van der Waals surface area contributed by atoms with E-state index in [0.29, 0.717) is 17.1 Å². The molecule has 1 aromatic heterocycles. The highest BCUT2D eigenvalue weighted by molar-refractivity contribution is 7.16. The van der Waals surface area contributed by atoms with Crippen LogP contribution in [0.3, 0.4) is 0 Å². The third kappa shape index (κ3) is 2.72. The topological polar surface area (TPSA) is 55.1 Å². The normalized spacial score (nSPS) is 11.5. The number of rotatable bonds is 2. The van der Waals surface area contributed by atoms with E-state index in [2.05, 4.69) is 26.1 Å². The molecule has 0 atom stereocenters. The molecule has 0 aliphatic carbocycles. The highest BCUT2D eigenvalue weighted by Gasteiger charge is 2.21. The summed E-state index contributed by atoms with van der Waals surface area (Å²) in [5.74, 6) is -0.0817. The molecule has 0 aliphatic heterocycles. The van der Waals surface area contributed by atoms with Crippen molar-refractivity contribution in [3.8, 4) is 0 Å². The van der Waals surface area contributed by atoms with Crippen molar-refractivity contribution in [2.45, 2.75) is 33.1 Å². The first kappa shape index (κ1) is 12.0. The molecule has 0 aromatic carbocycles. The van der Waals surface area contributed by atoms with E-state index in [9.17, 15) is 4.79 Å². The van der Waals surface area contributed by atoms with Crippen molar-refractivity contribution in [3.05, 3.63) is 16.5 Å². The van der Waals surface area contributed by atoms with E-state index >= 15 is 0 Å². The van der Waals surface area contributed by atoms with Gasteiger partial charge in [-0.2, -0.15) is 0 Å². The number of nitrogen functional groups attached to an aromatic ring is 1. The Morgan fingerprint density at radius 3 is 2.53 bits per heavy atom. The minimum absolute atomic E-state index is 0.0452. The zero-order valence-electron chi connectivity index (χ0n) is 9.68. The van der Waals surface area contributed by atoms with Gasteiger partial charge >= 0.3 is 0 Å². The average molecular weight is 226 g/mol. The SMILES string of the molecule is CCNC(=O)c1cc(C(C)(C)C)sc1N. The quantitative estimate of drug-likeness (QED) is 0.813. The molecular weight excluding hydrogens is 208 g/mol. The Morgan fingerprint density at radius 2 is 2.13 bits per heavy atom. The minimum atomic E-state index is -0.0817.